The Morgan fingerprint density at radius 3 is 2.11 bits per heavy atom. The van der Waals surface area contributed by atoms with Crippen molar-refractivity contribution in [1.29, 1.82) is 0 Å². The normalized spacial score (nSPS) is 29.3. The summed E-state index contributed by atoms with van der Waals surface area (Å²) in [5.41, 5.74) is 0.774. The second-order valence-electron chi connectivity index (χ2n) is 8.71. The molecule has 0 radical (unpaired) electrons. The molecule has 3 rings (SSSR count). The molecule has 0 unspecified atom stereocenters. The van der Waals surface area contributed by atoms with Gasteiger partial charge in [0.1, 0.15) is 16.7 Å². The highest BCUT2D eigenvalue weighted by Gasteiger charge is 2.24. The number of hydrogen-bond acceptors (Lipinski definition) is 0. The van der Waals surface area contributed by atoms with Gasteiger partial charge >= 0.3 is 0 Å². The summed E-state index contributed by atoms with van der Waals surface area (Å²) in [6, 6.07) is 2.85. The molecule has 0 heterocycles. The summed E-state index contributed by atoms with van der Waals surface area (Å²) in [6.07, 6.45) is 18.6. The van der Waals surface area contributed by atoms with Crippen LogP contribution in [0, 0.1) is 29.4 Å². The van der Waals surface area contributed by atoms with E-state index in [9.17, 15) is 8.78 Å². The van der Waals surface area contributed by atoms with E-state index in [2.05, 4.69) is 19.1 Å². The Bertz CT molecular complexity index is 600. The van der Waals surface area contributed by atoms with Gasteiger partial charge in [0.05, 0.1) is 0 Å². The Morgan fingerprint density at radius 1 is 0.926 bits per heavy atom. The molecule has 0 aromatic heterocycles. The van der Waals surface area contributed by atoms with Crippen molar-refractivity contribution in [2.24, 2.45) is 17.8 Å². The smallest absolute Gasteiger partial charge is 0.145 e. The highest BCUT2D eigenvalue weighted by molar-refractivity contribution is 6.30. The van der Waals surface area contributed by atoms with Crippen molar-refractivity contribution in [1.82, 2.24) is 0 Å². The first-order valence-corrected chi connectivity index (χ1v) is 11.3. The van der Waals surface area contributed by atoms with Crippen LogP contribution in [0.15, 0.2) is 24.3 Å². The van der Waals surface area contributed by atoms with Crippen LogP contribution in [0.1, 0.15) is 89.0 Å². The van der Waals surface area contributed by atoms with Crippen molar-refractivity contribution in [2.75, 3.05) is 0 Å². The van der Waals surface area contributed by atoms with Crippen molar-refractivity contribution in [2.45, 2.75) is 83.5 Å². The first-order valence-electron chi connectivity index (χ1n) is 10.9. The van der Waals surface area contributed by atoms with Crippen molar-refractivity contribution >= 4 is 11.6 Å². The Morgan fingerprint density at radius 2 is 1.52 bits per heavy atom. The van der Waals surface area contributed by atoms with Crippen molar-refractivity contribution in [3.63, 3.8) is 0 Å². The number of rotatable bonds is 6. The molecule has 2 aliphatic carbocycles. The monoisotopic (exact) mass is 394 g/mol. The van der Waals surface area contributed by atoms with Crippen LogP contribution in [0.5, 0.6) is 0 Å². The molecule has 0 saturated heterocycles. The fraction of sp³-hybridized carbons (Fsp3) is 0.667. The summed E-state index contributed by atoms with van der Waals surface area (Å²) >= 11 is 5.60. The topological polar surface area (TPSA) is 0 Å². The summed E-state index contributed by atoms with van der Waals surface area (Å²) in [4.78, 5) is 0. The fourth-order valence-electron chi connectivity index (χ4n) is 5.00. The molecule has 2 aliphatic rings. The van der Waals surface area contributed by atoms with Gasteiger partial charge in [-0.2, -0.15) is 0 Å². The van der Waals surface area contributed by atoms with Gasteiger partial charge in [-0.05, 0) is 106 Å². The van der Waals surface area contributed by atoms with E-state index in [0.29, 0.717) is 0 Å². The molecule has 1 aromatic carbocycles. The fourth-order valence-corrected chi connectivity index (χ4v) is 5.11. The van der Waals surface area contributed by atoms with E-state index in [0.717, 1.165) is 49.0 Å². The lowest BCUT2D eigenvalue weighted by atomic mass is 9.77. The molecule has 3 heteroatoms. The van der Waals surface area contributed by atoms with Crippen LogP contribution in [0.25, 0.3) is 0 Å². The lowest BCUT2D eigenvalue weighted by Crippen LogP contribution is -2.14. The second-order valence-corrected chi connectivity index (χ2v) is 9.09. The van der Waals surface area contributed by atoms with Gasteiger partial charge in [0.25, 0.3) is 0 Å². The highest BCUT2D eigenvalue weighted by atomic mass is 35.5. The lowest BCUT2D eigenvalue weighted by Gasteiger charge is -2.29. The molecule has 0 N–H and O–H groups in total. The average molecular weight is 395 g/mol. The average Bonchev–Trinajstić information content (AvgIpc) is 2.70. The maximum Gasteiger partial charge on any atom is 0.145 e. The van der Waals surface area contributed by atoms with Crippen LogP contribution in [0.3, 0.4) is 0 Å². The third kappa shape index (κ3) is 5.79. The largest absolute Gasteiger partial charge is 0.205 e. The van der Waals surface area contributed by atoms with Crippen molar-refractivity contribution in [3.05, 3.63) is 46.5 Å². The van der Waals surface area contributed by atoms with E-state index < -0.39 is 11.6 Å². The molecule has 1 aromatic rings. The van der Waals surface area contributed by atoms with Gasteiger partial charge in [-0.25, -0.2) is 8.78 Å². The van der Waals surface area contributed by atoms with Gasteiger partial charge in [0.15, 0.2) is 0 Å². The molecular formula is C24H33ClF2. The zero-order valence-electron chi connectivity index (χ0n) is 16.5. The van der Waals surface area contributed by atoms with E-state index >= 15 is 0 Å². The quantitative estimate of drug-likeness (QED) is 0.335. The number of hydrogen-bond donors (Lipinski definition) is 0. The molecule has 0 atom stereocenters. The minimum Gasteiger partial charge on any atom is -0.205 e. The first-order chi connectivity index (χ1) is 13.1. The van der Waals surface area contributed by atoms with Crippen LogP contribution in [0.2, 0.25) is 5.02 Å². The van der Waals surface area contributed by atoms with Crippen molar-refractivity contribution < 1.29 is 8.78 Å². The number of benzene rings is 1. The standard InChI is InChI=1S/C24H33ClF2/c1-2-17-7-9-18(10-8-17)5-3-4-6-19-11-13-20(14-12-19)21-15-22(26)24(25)23(27)16-21/h3,5,15-20H,2,4,6-14H2,1H3/b5-3+. The Kier molecular flexibility index (Phi) is 7.75. The predicted molar refractivity (Wildman–Crippen MR) is 110 cm³/mol. The van der Waals surface area contributed by atoms with Crippen LogP contribution < -0.4 is 0 Å². The molecule has 150 valence electrons. The van der Waals surface area contributed by atoms with Crippen LogP contribution in [-0.2, 0) is 0 Å². The number of halogens is 3. The zero-order valence-corrected chi connectivity index (χ0v) is 17.3. The van der Waals surface area contributed by atoms with Gasteiger partial charge < -0.3 is 0 Å². The maximum absolute atomic E-state index is 13.7. The van der Waals surface area contributed by atoms with Gasteiger partial charge in [0.2, 0.25) is 0 Å². The first kappa shape index (κ1) is 20.8. The maximum atomic E-state index is 13.7. The van der Waals surface area contributed by atoms with E-state index in [4.69, 9.17) is 11.6 Å². The molecule has 0 aliphatic heterocycles. The molecule has 2 fully saturated rings. The summed E-state index contributed by atoms with van der Waals surface area (Å²) in [5, 5.41) is -0.387. The van der Waals surface area contributed by atoms with E-state index in [-0.39, 0.29) is 10.9 Å². The molecule has 0 spiro atoms. The summed E-state index contributed by atoms with van der Waals surface area (Å²) < 4.78 is 27.4. The highest BCUT2D eigenvalue weighted by Crippen LogP contribution is 2.39. The SMILES string of the molecule is CCC1CCC(/C=C/CCC2CCC(c3cc(F)c(Cl)c(F)c3)CC2)CC1. The summed E-state index contributed by atoms with van der Waals surface area (Å²) in [7, 11) is 0. The minimum absolute atomic E-state index is 0.270. The predicted octanol–water partition coefficient (Wildman–Crippen LogP) is 8.44. The van der Waals surface area contributed by atoms with Gasteiger partial charge in [0, 0.05) is 0 Å². The molecule has 0 bridgehead atoms. The number of allylic oxidation sites excluding steroid dienone is 2. The Hall–Kier alpha value is -0.890. The van der Waals surface area contributed by atoms with Gasteiger partial charge in [-0.3, -0.25) is 0 Å². The van der Waals surface area contributed by atoms with E-state index in [1.165, 1.54) is 57.1 Å². The lowest BCUT2D eigenvalue weighted by molar-refractivity contribution is 0.301. The molecular weight excluding hydrogens is 362 g/mol. The van der Waals surface area contributed by atoms with E-state index in [1.54, 1.807) is 0 Å². The molecule has 0 nitrogen and oxygen atoms in total. The minimum atomic E-state index is -0.633. The van der Waals surface area contributed by atoms with Gasteiger partial charge in [-0.1, -0.05) is 37.1 Å². The third-order valence-electron chi connectivity index (χ3n) is 6.94. The third-order valence-corrected chi connectivity index (χ3v) is 7.30. The summed E-state index contributed by atoms with van der Waals surface area (Å²) in [6.45, 7) is 2.31. The Balaban J connectivity index is 1.38. The molecule has 0 amide bonds. The summed E-state index contributed by atoms with van der Waals surface area (Å²) in [5.74, 6) is 1.53. The van der Waals surface area contributed by atoms with Crippen LogP contribution >= 0.6 is 11.6 Å². The second kappa shape index (κ2) is 10.0. The van der Waals surface area contributed by atoms with Gasteiger partial charge in [-0.15, -0.1) is 0 Å². The van der Waals surface area contributed by atoms with E-state index in [1.807, 2.05) is 0 Å². The zero-order chi connectivity index (χ0) is 19.2. The molecule has 2 saturated carbocycles. The van der Waals surface area contributed by atoms with Crippen LogP contribution in [-0.4, -0.2) is 0 Å². The Labute approximate surface area is 168 Å². The van der Waals surface area contributed by atoms with Crippen LogP contribution in [0.4, 0.5) is 8.78 Å². The van der Waals surface area contributed by atoms with Crippen molar-refractivity contribution in [3.8, 4) is 0 Å². The molecule has 27 heavy (non-hydrogen) atoms.